The van der Waals surface area contributed by atoms with Crippen LogP contribution < -0.4 is 5.73 Å². The van der Waals surface area contributed by atoms with Gasteiger partial charge in [-0.1, -0.05) is 12.2 Å². The van der Waals surface area contributed by atoms with Crippen LogP contribution in [0.4, 0.5) is 0 Å². The van der Waals surface area contributed by atoms with E-state index in [1.165, 1.54) is 0 Å². The van der Waals surface area contributed by atoms with Gasteiger partial charge in [0.2, 0.25) is 5.91 Å². The molecule has 0 unspecified atom stereocenters. The Kier molecular flexibility index (Phi) is 5.57. The zero-order chi connectivity index (χ0) is 12.8. The minimum Gasteiger partial charge on any atom is -0.393 e. The molecule has 0 spiro atoms. The van der Waals surface area contributed by atoms with Gasteiger partial charge in [0.05, 0.1) is 15.7 Å². The van der Waals surface area contributed by atoms with Crippen molar-refractivity contribution in [3.05, 3.63) is 16.9 Å². The van der Waals surface area contributed by atoms with Crippen LogP contribution in [0.2, 0.25) is 0 Å². The SMILES string of the molecule is CN(CCC(N)=S)C(=O)CCn1cc(Br)cn1. The summed E-state index contributed by atoms with van der Waals surface area (Å²) in [5.74, 6) is 0.0628. The molecule has 7 heteroatoms. The lowest BCUT2D eigenvalue weighted by Gasteiger charge is -2.16. The van der Waals surface area contributed by atoms with Gasteiger partial charge in [0.1, 0.15) is 0 Å². The van der Waals surface area contributed by atoms with Gasteiger partial charge in [0.25, 0.3) is 0 Å². The van der Waals surface area contributed by atoms with Gasteiger partial charge in [-0.15, -0.1) is 0 Å². The second kappa shape index (κ2) is 6.70. The molecule has 0 saturated heterocycles. The number of hydrogen-bond acceptors (Lipinski definition) is 3. The largest absolute Gasteiger partial charge is 0.393 e. The lowest BCUT2D eigenvalue weighted by atomic mass is 10.3. The minimum atomic E-state index is 0.0628. The Labute approximate surface area is 114 Å². The molecule has 0 aliphatic rings. The summed E-state index contributed by atoms with van der Waals surface area (Å²) in [5, 5.41) is 4.08. The molecule has 1 heterocycles. The van der Waals surface area contributed by atoms with Gasteiger partial charge in [-0.05, 0) is 15.9 Å². The van der Waals surface area contributed by atoms with E-state index in [4.69, 9.17) is 18.0 Å². The number of hydrogen-bond donors (Lipinski definition) is 1. The van der Waals surface area contributed by atoms with E-state index in [0.717, 1.165) is 4.47 Å². The fraction of sp³-hybridized carbons (Fsp3) is 0.500. The first-order valence-electron chi connectivity index (χ1n) is 5.19. The third kappa shape index (κ3) is 5.27. The van der Waals surface area contributed by atoms with Crippen LogP contribution in [-0.4, -0.2) is 39.2 Å². The highest BCUT2D eigenvalue weighted by atomic mass is 79.9. The van der Waals surface area contributed by atoms with Gasteiger partial charge >= 0.3 is 0 Å². The zero-order valence-electron chi connectivity index (χ0n) is 9.60. The van der Waals surface area contributed by atoms with E-state index in [9.17, 15) is 4.79 Å². The van der Waals surface area contributed by atoms with Crippen LogP contribution in [0.25, 0.3) is 0 Å². The molecule has 1 rings (SSSR count). The molecule has 0 saturated carbocycles. The van der Waals surface area contributed by atoms with Crippen LogP contribution in [0.15, 0.2) is 16.9 Å². The highest BCUT2D eigenvalue weighted by molar-refractivity contribution is 9.10. The monoisotopic (exact) mass is 318 g/mol. The predicted octanol–water partition coefficient (Wildman–Crippen LogP) is 1.17. The van der Waals surface area contributed by atoms with Gasteiger partial charge in [-0.3, -0.25) is 9.48 Å². The van der Waals surface area contributed by atoms with E-state index in [-0.39, 0.29) is 5.91 Å². The molecule has 0 aliphatic heterocycles. The van der Waals surface area contributed by atoms with E-state index < -0.39 is 0 Å². The van der Waals surface area contributed by atoms with E-state index in [1.54, 1.807) is 22.8 Å². The predicted molar refractivity (Wildman–Crippen MR) is 73.6 cm³/mol. The number of carbonyl (C=O) groups is 1. The van der Waals surface area contributed by atoms with Crippen LogP contribution in [0, 0.1) is 0 Å². The Morgan fingerprint density at radius 1 is 1.65 bits per heavy atom. The maximum atomic E-state index is 11.7. The number of carbonyl (C=O) groups excluding carboxylic acids is 1. The molecular formula is C10H15BrN4OS. The number of amides is 1. The number of halogens is 1. The average molecular weight is 319 g/mol. The molecule has 0 bridgehead atoms. The number of aryl methyl sites for hydroxylation is 1. The first kappa shape index (κ1) is 14.1. The molecule has 0 aromatic carbocycles. The fourth-order valence-corrected chi connectivity index (χ4v) is 1.68. The maximum Gasteiger partial charge on any atom is 0.224 e. The molecule has 17 heavy (non-hydrogen) atoms. The van der Waals surface area contributed by atoms with Crippen LogP contribution in [0.5, 0.6) is 0 Å². The summed E-state index contributed by atoms with van der Waals surface area (Å²) in [5.41, 5.74) is 5.38. The Morgan fingerprint density at radius 3 is 2.88 bits per heavy atom. The van der Waals surface area contributed by atoms with E-state index in [0.29, 0.717) is 30.9 Å². The molecular weight excluding hydrogens is 304 g/mol. The molecule has 94 valence electrons. The lowest BCUT2D eigenvalue weighted by molar-refractivity contribution is -0.130. The second-order valence-corrected chi connectivity index (χ2v) is 5.14. The van der Waals surface area contributed by atoms with Crippen molar-refractivity contribution in [2.24, 2.45) is 5.73 Å². The van der Waals surface area contributed by atoms with E-state index >= 15 is 0 Å². The highest BCUT2D eigenvalue weighted by Crippen LogP contribution is 2.06. The summed E-state index contributed by atoms with van der Waals surface area (Å²) < 4.78 is 2.63. The zero-order valence-corrected chi connectivity index (χ0v) is 12.0. The van der Waals surface area contributed by atoms with E-state index in [2.05, 4.69) is 21.0 Å². The van der Waals surface area contributed by atoms with Gasteiger partial charge in [-0.25, -0.2) is 0 Å². The molecule has 2 N–H and O–H groups in total. The van der Waals surface area contributed by atoms with Crippen LogP contribution in [0.3, 0.4) is 0 Å². The first-order valence-corrected chi connectivity index (χ1v) is 6.39. The standard InChI is InChI=1S/C10H15BrN4OS/c1-14(4-2-9(12)17)10(16)3-5-15-7-8(11)6-13-15/h6-7H,2-5H2,1H3,(H2,12,17). The average Bonchev–Trinajstić information content (AvgIpc) is 2.68. The van der Waals surface area contributed by atoms with Crippen molar-refractivity contribution in [3.8, 4) is 0 Å². The van der Waals surface area contributed by atoms with Gasteiger partial charge < -0.3 is 10.6 Å². The molecule has 0 atom stereocenters. The molecule has 1 aromatic rings. The fourth-order valence-electron chi connectivity index (χ4n) is 1.26. The number of nitrogens with zero attached hydrogens (tertiary/aromatic N) is 3. The number of thiocarbonyl (C=S) groups is 1. The molecule has 1 aromatic heterocycles. The van der Waals surface area contributed by atoms with Crippen LogP contribution in [-0.2, 0) is 11.3 Å². The van der Waals surface area contributed by atoms with Gasteiger partial charge in [0, 0.05) is 39.2 Å². The van der Waals surface area contributed by atoms with Crippen molar-refractivity contribution >= 4 is 39.0 Å². The highest BCUT2D eigenvalue weighted by Gasteiger charge is 2.09. The number of aromatic nitrogens is 2. The van der Waals surface area contributed by atoms with Crippen molar-refractivity contribution in [1.82, 2.24) is 14.7 Å². The maximum absolute atomic E-state index is 11.7. The Bertz CT molecular complexity index is 407. The normalized spacial score (nSPS) is 10.2. The lowest BCUT2D eigenvalue weighted by Crippen LogP contribution is -2.30. The molecule has 0 fully saturated rings. The quantitative estimate of drug-likeness (QED) is 0.800. The summed E-state index contributed by atoms with van der Waals surface area (Å²) in [4.78, 5) is 13.8. The van der Waals surface area contributed by atoms with Crippen molar-refractivity contribution in [2.75, 3.05) is 13.6 Å². The summed E-state index contributed by atoms with van der Waals surface area (Å²) >= 11 is 8.07. The molecule has 0 radical (unpaired) electrons. The summed E-state index contributed by atoms with van der Waals surface area (Å²) in [6.45, 7) is 1.14. The van der Waals surface area contributed by atoms with Crippen LogP contribution in [0.1, 0.15) is 12.8 Å². The topological polar surface area (TPSA) is 64.2 Å². The van der Waals surface area contributed by atoms with E-state index in [1.807, 2.05) is 6.20 Å². The third-order valence-corrected chi connectivity index (χ3v) is 2.89. The summed E-state index contributed by atoms with van der Waals surface area (Å²) in [6.07, 6.45) is 4.51. The Morgan fingerprint density at radius 2 is 2.35 bits per heavy atom. The summed E-state index contributed by atoms with van der Waals surface area (Å²) in [6, 6.07) is 0. The first-order chi connectivity index (χ1) is 7.99. The van der Waals surface area contributed by atoms with Crippen molar-refractivity contribution < 1.29 is 4.79 Å². The number of rotatable bonds is 6. The third-order valence-electron chi connectivity index (χ3n) is 2.28. The smallest absolute Gasteiger partial charge is 0.224 e. The number of nitrogens with two attached hydrogens (primary N) is 1. The van der Waals surface area contributed by atoms with Crippen LogP contribution >= 0.6 is 28.1 Å². The Hall–Kier alpha value is -0.950. The van der Waals surface area contributed by atoms with Gasteiger partial charge in [0.15, 0.2) is 0 Å². The summed E-state index contributed by atoms with van der Waals surface area (Å²) in [7, 11) is 1.75. The minimum absolute atomic E-state index is 0.0628. The van der Waals surface area contributed by atoms with Crippen molar-refractivity contribution in [2.45, 2.75) is 19.4 Å². The van der Waals surface area contributed by atoms with Gasteiger partial charge in [-0.2, -0.15) is 5.10 Å². The van der Waals surface area contributed by atoms with Crippen molar-refractivity contribution in [3.63, 3.8) is 0 Å². The molecule has 1 amide bonds. The Balaban J connectivity index is 2.31. The van der Waals surface area contributed by atoms with Crippen molar-refractivity contribution in [1.29, 1.82) is 0 Å². The molecule has 0 aliphatic carbocycles. The second-order valence-electron chi connectivity index (χ2n) is 3.70. The molecule has 5 nitrogen and oxygen atoms in total.